The normalized spacial score (nSPS) is 23.2. The minimum absolute atomic E-state index is 0.0578. The van der Waals surface area contributed by atoms with Crippen molar-refractivity contribution in [2.24, 2.45) is 11.8 Å². The number of rotatable bonds is 4. The third-order valence-corrected chi connectivity index (χ3v) is 3.61. The molecule has 0 aromatic heterocycles. The summed E-state index contributed by atoms with van der Waals surface area (Å²) in [6.45, 7) is 4.25. The average molecular weight is 245 g/mol. The molecule has 1 aromatic rings. The van der Waals surface area contributed by atoms with Gasteiger partial charge in [0.05, 0.1) is 10.8 Å². The van der Waals surface area contributed by atoms with Gasteiger partial charge < -0.3 is 0 Å². The second-order valence-electron chi connectivity index (χ2n) is 5.38. The zero-order valence-electron chi connectivity index (χ0n) is 10.9. The SMILES string of the molecule is CC(C)C[C@@H]1C([N+](=O)[O-])=CC[C@H]1c1ccccc1. The quantitative estimate of drug-likeness (QED) is 0.594. The number of benzene rings is 1. The van der Waals surface area contributed by atoms with Gasteiger partial charge in [-0.25, -0.2) is 0 Å². The Kier molecular flexibility index (Phi) is 3.80. The van der Waals surface area contributed by atoms with Gasteiger partial charge in [-0.15, -0.1) is 0 Å². The third kappa shape index (κ3) is 2.61. The van der Waals surface area contributed by atoms with Crippen LogP contribution >= 0.6 is 0 Å². The smallest absolute Gasteiger partial charge is 0.245 e. The van der Waals surface area contributed by atoms with Gasteiger partial charge in [0.1, 0.15) is 0 Å². The van der Waals surface area contributed by atoms with Gasteiger partial charge in [-0.1, -0.05) is 44.2 Å². The van der Waals surface area contributed by atoms with Crippen LogP contribution in [-0.4, -0.2) is 4.92 Å². The molecule has 2 atom stereocenters. The van der Waals surface area contributed by atoms with E-state index in [0.29, 0.717) is 11.6 Å². The monoisotopic (exact) mass is 245 g/mol. The molecule has 0 saturated heterocycles. The van der Waals surface area contributed by atoms with E-state index in [2.05, 4.69) is 26.0 Å². The molecule has 96 valence electrons. The van der Waals surface area contributed by atoms with Crippen LogP contribution in [0.4, 0.5) is 0 Å². The second kappa shape index (κ2) is 5.34. The van der Waals surface area contributed by atoms with Gasteiger partial charge >= 0.3 is 0 Å². The van der Waals surface area contributed by atoms with Crippen molar-refractivity contribution >= 4 is 0 Å². The van der Waals surface area contributed by atoms with Gasteiger partial charge in [-0.3, -0.25) is 10.1 Å². The van der Waals surface area contributed by atoms with Crippen molar-refractivity contribution in [3.63, 3.8) is 0 Å². The summed E-state index contributed by atoms with van der Waals surface area (Å²) in [4.78, 5) is 10.9. The van der Waals surface area contributed by atoms with E-state index in [4.69, 9.17) is 0 Å². The largest absolute Gasteiger partial charge is 0.259 e. The number of nitrogens with zero attached hydrogens (tertiary/aromatic N) is 1. The van der Waals surface area contributed by atoms with Gasteiger partial charge in [0.15, 0.2) is 0 Å². The van der Waals surface area contributed by atoms with Gasteiger partial charge in [-0.2, -0.15) is 0 Å². The van der Waals surface area contributed by atoms with Gasteiger partial charge in [0, 0.05) is 5.92 Å². The maximum absolute atomic E-state index is 11.1. The first kappa shape index (κ1) is 12.8. The first-order valence-corrected chi connectivity index (χ1v) is 6.49. The van der Waals surface area contributed by atoms with Crippen LogP contribution in [0.1, 0.15) is 38.2 Å². The Balaban J connectivity index is 2.25. The fourth-order valence-electron chi connectivity index (χ4n) is 2.84. The molecular weight excluding hydrogens is 226 g/mol. The topological polar surface area (TPSA) is 43.1 Å². The predicted molar refractivity (Wildman–Crippen MR) is 71.8 cm³/mol. The van der Waals surface area contributed by atoms with Gasteiger partial charge in [0.2, 0.25) is 5.70 Å². The summed E-state index contributed by atoms with van der Waals surface area (Å²) in [7, 11) is 0. The molecule has 0 unspecified atom stereocenters. The lowest BCUT2D eigenvalue weighted by Crippen LogP contribution is -2.16. The van der Waals surface area contributed by atoms with E-state index in [1.807, 2.05) is 24.3 Å². The first-order valence-electron chi connectivity index (χ1n) is 6.49. The molecule has 0 aliphatic heterocycles. The molecule has 0 amide bonds. The Bertz CT molecular complexity index is 451. The summed E-state index contributed by atoms with van der Waals surface area (Å²) in [5.41, 5.74) is 1.63. The number of nitro groups is 1. The Morgan fingerprint density at radius 1 is 1.33 bits per heavy atom. The van der Waals surface area contributed by atoms with Crippen LogP contribution in [0, 0.1) is 22.0 Å². The first-order chi connectivity index (χ1) is 8.59. The molecule has 0 N–H and O–H groups in total. The lowest BCUT2D eigenvalue weighted by molar-refractivity contribution is -0.433. The molecule has 0 fully saturated rings. The van der Waals surface area contributed by atoms with E-state index in [9.17, 15) is 10.1 Å². The lowest BCUT2D eigenvalue weighted by Gasteiger charge is -2.21. The standard InChI is InChI=1S/C15H19NO2/c1-11(2)10-14-13(8-9-15(14)16(17)18)12-6-4-3-5-7-12/h3-7,9,11,13-14H,8,10H2,1-2H3/t13-,14-/m0/s1. The van der Waals surface area contributed by atoms with Crippen LogP contribution in [0.2, 0.25) is 0 Å². The van der Waals surface area contributed by atoms with E-state index in [1.54, 1.807) is 0 Å². The molecule has 3 heteroatoms. The molecule has 2 rings (SSSR count). The third-order valence-electron chi connectivity index (χ3n) is 3.61. The van der Waals surface area contributed by atoms with Crippen molar-refractivity contribution in [2.45, 2.75) is 32.6 Å². The zero-order valence-corrected chi connectivity index (χ0v) is 10.9. The van der Waals surface area contributed by atoms with Crippen molar-refractivity contribution in [3.05, 3.63) is 57.8 Å². The lowest BCUT2D eigenvalue weighted by atomic mass is 9.82. The van der Waals surface area contributed by atoms with Crippen molar-refractivity contribution < 1.29 is 4.92 Å². The highest BCUT2D eigenvalue weighted by Gasteiger charge is 2.38. The van der Waals surface area contributed by atoms with E-state index < -0.39 is 0 Å². The average Bonchev–Trinajstić information content (AvgIpc) is 2.73. The Morgan fingerprint density at radius 3 is 2.56 bits per heavy atom. The minimum atomic E-state index is -0.198. The van der Waals surface area contributed by atoms with E-state index in [-0.39, 0.29) is 16.8 Å². The van der Waals surface area contributed by atoms with Crippen LogP contribution in [0.25, 0.3) is 0 Å². The summed E-state index contributed by atoms with van der Waals surface area (Å²) in [5, 5.41) is 11.1. The van der Waals surface area contributed by atoms with E-state index in [0.717, 1.165) is 12.8 Å². The molecule has 0 spiro atoms. The predicted octanol–water partition coefficient (Wildman–Crippen LogP) is 4.00. The molecule has 1 aromatic carbocycles. The van der Waals surface area contributed by atoms with Crippen molar-refractivity contribution in [1.82, 2.24) is 0 Å². The number of allylic oxidation sites excluding steroid dienone is 2. The van der Waals surface area contributed by atoms with Crippen molar-refractivity contribution in [1.29, 1.82) is 0 Å². The molecule has 0 heterocycles. The summed E-state index contributed by atoms with van der Waals surface area (Å²) in [6.07, 6.45) is 3.48. The highest BCUT2D eigenvalue weighted by Crippen LogP contribution is 2.42. The molecule has 0 bridgehead atoms. The molecule has 18 heavy (non-hydrogen) atoms. The maximum atomic E-state index is 11.1. The highest BCUT2D eigenvalue weighted by atomic mass is 16.6. The molecular formula is C15H19NO2. The van der Waals surface area contributed by atoms with Crippen molar-refractivity contribution in [3.8, 4) is 0 Å². The minimum Gasteiger partial charge on any atom is -0.259 e. The summed E-state index contributed by atoms with van der Waals surface area (Å²) in [6, 6.07) is 10.2. The van der Waals surface area contributed by atoms with E-state index >= 15 is 0 Å². The number of hydrogen-bond acceptors (Lipinski definition) is 2. The van der Waals surface area contributed by atoms with Crippen LogP contribution in [0.3, 0.4) is 0 Å². The zero-order chi connectivity index (χ0) is 13.1. The summed E-state index contributed by atoms with van der Waals surface area (Å²) < 4.78 is 0. The maximum Gasteiger partial charge on any atom is 0.245 e. The summed E-state index contributed by atoms with van der Waals surface area (Å²) >= 11 is 0. The van der Waals surface area contributed by atoms with Gasteiger partial charge in [0.25, 0.3) is 0 Å². The molecule has 3 nitrogen and oxygen atoms in total. The Labute approximate surface area is 108 Å². The number of hydrogen-bond donors (Lipinski definition) is 0. The van der Waals surface area contributed by atoms with Crippen LogP contribution < -0.4 is 0 Å². The molecule has 1 aliphatic rings. The molecule has 0 saturated carbocycles. The Morgan fingerprint density at radius 2 is 2.00 bits per heavy atom. The van der Waals surface area contributed by atoms with Crippen molar-refractivity contribution in [2.75, 3.05) is 0 Å². The van der Waals surface area contributed by atoms with Crippen LogP contribution in [-0.2, 0) is 0 Å². The van der Waals surface area contributed by atoms with Crippen LogP contribution in [0.5, 0.6) is 0 Å². The van der Waals surface area contributed by atoms with Crippen LogP contribution in [0.15, 0.2) is 42.1 Å². The molecule has 0 radical (unpaired) electrons. The van der Waals surface area contributed by atoms with Gasteiger partial charge in [-0.05, 0) is 30.4 Å². The summed E-state index contributed by atoms with van der Waals surface area (Å²) in [5.74, 6) is 0.805. The fourth-order valence-corrected chi connectivity index (χ4v) is 2.84. The fraction of sp³-hybridized carbons (Fsp3) is 0.467. The second-order valence-corrected chi connectivity index (χ2v) is 5.38. The Hall–Kier alpha value is -1.64. The van der Waals surface area contributed by atoms with E-state index in [1.165, 1.54) is 5.56 Å². The molecule has 1 aliphatic carbocycles. The highest BCUT2D eigenvalue weighted by molar-refractivity contribution is 5.27.